The molecule has 1 aliphatic rings. The van der Waals surface area contributed by atoms with Gasteiger partial charge in [0.2, 0.25) is 0 Å². The van der Waals surface area contributed by atoms with E-state index < -0.39 is 0 Å². The molecular formula is C17H25N3O3. The summed E-state index contributed by atoms with van der Waals surface area (Å²) in [7, 11) is 0. The summed E-state index contributed by atoms with van der Waals surface area (Å²) in [6, 6.07) is 7.67. The fourth-order valence-electron chi connectivity index (χ4n) is 2.72. The van der Waals surface area contributed by atoms with Crippen LogP contribution in [0.4, 0.5) is 15.3 Å². The first kappa shape index (κ1) is 17.1. The zero-order chi connectivity index (χ0) is 16.7. The molecule has 0 aliphatic carbocycles. The van der Waals surface area contributed by atoms with Crippen molar-refractivity contribution in [1.29, 1.82) is 0 Å². The molecule has 6 nitrogen and oxygen atoms in total. The second-order valence-electron chi connectivity index (χ2n) is 5.57. The topological polar surface area (TPSA) is 70.7 Å². The van der Waals surface area contributed by atoms with Crippen molar-refractivity contribution in [3.63, 3.8) is 0 Å². The van der Waals surface area contributed by atoms with Crippen LogP contribution in [0.5, 0.6) is 0 Å². The number of benzene rings is 1. The number of nitrogens with one attached hydrogen (secondary N) is 2. The second-order valence-corrected chi connectivity index (χ2v) is 5.57. The molecule has 3 amide bonds. The summed E-state index contributed by atoms with van der Waals surface area (Å²) >= 11 is 0. The first-order valence-electron chi connectivity index (χ1n) is 8.21. The van der Waals surface area contributed by atoms with Gasteiger partial charge in [0.25, 0.3) is 0 Å². The highest BCUT2D eigenvalue weighted by molar-refractivity contribution is 5.90. The van der Waals surface area contributed by atoms with E-state index in [0.29, 0.717) is 19.7 Å². The number of aryl methyl sites for hydroxylation is 1. The number of carbonyl (C=O) groups is 2. The Bertz CT molecular complexity index is 540. The molecule has 0 spiro atoms. The average Bonchev–Trinajstić information content (AvgIpc) is 2.56. The molecule has 6 heteroatoms. The normalized spacial score (nSPS) is 15.1. The molecule has 0 atom stereocenters. The van der Waals surface area contributed by atoms with Gasteiger partial charge in [0.15, 0.2) is 0 Å². The van der Waals surface area contributed by atoms with E-state index in [1.54, 1.807) is 11.8 Å². The Balaban J connectivity index is 1.80. The van der Waals surface area contributed by atoms with Crippen LogP contribution in [0.25, 0.3) is 0 Å². The van der Waals surface area contributed by atoms with Crippen LogP contribution < -0.4 is 10.6 Å². The Morgan fingerprint density at radius 2 is 1.91 bits per heavy atom. The molecule has 1 heterocycles. The van der Waals surface area contributed by atoms with Crippen LogP contribution >= 0.6 is 0 Å². The Morgan fingerprint density at radius 1 is 1.22 bits per heavy atom. The quantitative estimate of drug-likeness (QED) is 0.896. The number of rotatable bonds is 4. The van der Waals surface area contributed by atoms with Gasteiger partial charge in [-0.3, -0.25) is 0 Å². The number of likely N-dealkylation sites (tertiary alicyclic amines) is 1. The predicted molar refractivity (Wildman–Crippen MR) is 89.6 cm³/mol. The van der Waals surface area contributed by atoms with Crippen molar-refractivity contribution in [2.45, 2.75) is 39.2 Å². The van der Waals surface area contributed by atoms with Crippen molar-refractivity contribution in [3.05, 3.63) is 29.8 Å². The number of para-hydroxylation sites is 1. The maximum absolute atomic E-state index is 12.1. The molecule has 0 radical (unpaired) electrons. The van der Waals surface area contributed by atoms with Crippen molar-refractivity contribution >= 4 is 17.8 Å². The van der Waals surface area contributed by atoms with Crippen LogP contribution in [0.1, 0.15) is 32.3 Å². The number of amides is 3. The third-order valence-corrected chi connectivity index (χ3v) is 4.00. The van der Waals surface area contributed by atoms with E-state index in [-0.39, 0.29) is 18.2 Å². The van der Waals surface area contributed by atoms with Gasteiger partial charge in [0.05, 0.1) is 6.61 Å². The van der Waals surface area contributed by atoms with Crippen molar-refractivity contribution in [2.75, 3.05) is 25.0 Å². The molecule has 2 rings (SSSR count). The molecule has 0 saturated carbocycles. The van der Waals surface area contributed by atoms with Gasteiger partial charge in [-0.15, -0.1) is 0 Å². The molecule has 0 aromatic heterocycles. The second kappa shape index (κ2) is 8.41. The smallest absolute Gasteiger partial charge is 0.409 e. The molecule has 1 aromatic carbocycles. The van der Waals surface area contributed by atoms with Crippen LogP contribution in [-0.2, 0) is 11.2 Å². The van der Waals surface area contributed by atoms with Gasteiger partial charge in [-0.25, -0.2) is 9.59 Å². The summed E-state index contributed by atoms with van der Waals surface area (Å²) < 4.78 is 4.99. The van der Waals surface area contributed by atoms with Crippen LogP contribution in [0.3, 0.4) is 0 Å². The molecule has 2 N–H and O–H groups in total. The summed E-state index contributed by atoms with van der Waals surface area (Å²) in [4.78, 5) is 25.5. The maximum atomic E-state index is 12.1. The van der Waals surface area contributed by atoms with E-state index in [9.17, 15) is 9.59 Å². The fourth-order valence-corrected chi connectivity index (χ4v) is 2.72. The minimum Gasteiger partial charge on any atom is -0.450 e. The van der Waals surface area contributed by atoms with Crippen LogP contribution in [0, 0.1) is 0 Å². The van der Waals surface area contributed by atoms with E-state index in [1.165, 1.54) is 0 Å². The molecule has 1 aliphatic heterocycles. The first-order valence-corrected chi connectivity index (χ1v) is 8.21. The highest BCUT2D eigenvalue weighted by atomic mass is 16.6. The Morgan fingerprint density at radius 3 is 2.57 bits per heavy atom. The lowest BCUT2D eigenvalue weighted by Crippen LogP contribution is -2.47. The van der Waals surface area contributed by atoms with Gasteiger partial charge in [0.1, 0.15) is 0 Å². The van der Waals surface area contributed by atoms with Crippen molar-refractivity contribution < 1.29 is 14.3 Å². The summed E-state index contributed by atoms with van der Waals surface area (Å²) in [5, 5.41) is 5.89. The van der Waals surface area contributed by atoms with Crippen LogP contribution in [-0.4, -0.2) is 42.8 Å². The maximum Gasteiger partial charge on any atom is 0.409 e. The fraction of sp³-hybridized carbons (Fsp3) is 0.529. The molecule has 0 bridgehead atoms. The highest BCUT2D eigenvalue weighted by Gasteiger charge is 2.24. The third-order valence-electron chi connectivity index (χ3n) is 4.00. The molecule has 126 valence electrons. The van der Waals surface area contributed by atoms with Gasteiger partial charge in [-0.05, 0) is 37.8 Å². The molecular weight excluding hydrogens is 294 g/mol. The summed E-state index contributed by atoms with van der Waals surface area (Å²) in [6.07, 6.45) is 2.07. The molecule has 1 saturated heterocycles. The number of piperidine rings is 1. The van der Waals surface area contributed by atoms with Crippen LogP contribution in [0.2, 0.25) is 0 Å². The number of hydrogen-bond donors (Lipinski definition) is 2. The standard InChI is InChI=1S/C17H25N3O3/c1-3-13-7-5-6-8-15(13)19-16(21)18-14-9-11-20(12-10-14)17(22)23-4-2/h5-8,14H,3-4,9-12H2,1-2H3,(H2,18,19,21). The highest BCUT2D eigenvalue weighted by Crippen LogP contribution is 2.16. The van der Waals surface area contributed by atoms with Gasteiger partial charge in [-0.2, -0.15) is 0 Å². The average molecular weight is 319 g/mol. The zero-order valence-corrected chi connectivity index (χ0v) is 13.8. The van der Waals surface area contributed by atoms with Crippen molar-refractivity contribution in [2.24, 2.45) is 0 Å². The predicted octanol–water partition coefficient (Wildman–Crippen LogP) is 2.99. The van der Waals surface area contributed by atoms with Crippen LogP contribution in [0.15, 0.2) is 24.3 Å². The Kier molecular flexibility index (Phi) is 6.26. The summed E-state index contributed by atoms with van der Waals surface area (Å²) in [6.45, 7) is 5.45. The number of anilines is 1. The molecule has 23 heavy (non-hydrogen) atoms. The minimum atomic E-state index is -0.271. The number of carbonyl (C=O) groups excluding carboxylic acids is 2. The van der Waals surface area contributed by atoms with Gasteiger partial charge >= 0.3 is 12.1 Å². The Hall–Kier alpha value is -2.24. The molecule has 1 aromatic rings. The number of hydrogen-bond acceptors (Lipinski definition) is 3. The number of urea groups is 1. The third kappa shape index (κ3) is 4.87. The molecule has 1 fully saturated rings. The first-order chi connectivity index (χ1) is 11.1. The number of ether oxygens (including phenoxy) is 1. The summed E-state index contributed by atoms with van der Waals surface area (Å²) in [5.74, 6) is 0. The van der Waals surface area contributed by atoms with Crippen molar-refractivity contribution in [1.82, 2.24) is 10.2 Å². The van der Waals surface area contributed by atoms with Gasteiger partial charge < -0.3 is 20.3 Å². The zero-order valence-electron chi connectivity index (χ0n) is 13.8. The van der Waals surface area contributed by atoms with Gasteiger partial charge in [0, 0.05) is 24.8 Å². The van der Waals surface area contributed by atoms with Crippen molar-refractivity contribution in [3.8, 4) is 0 Å². The minimum absolute atomic E-state index is 0.0782. The SMILES string of the molecule is CCOC(=O)N1CCC(NC(=O)Nc2ccccc2CC)CC1. The van der Waals surface area contributed by atoms with E-state index in [2.05, 4.69) is 17.6 Å². The largest absolute Gasteiger partial charge is 0.450 e. The molecule has 0 unspecified atom stereocenters. The lowest BCUT2D eigenvalue weighted by Gasteiger charge is -2.31. The number of nitrogens with zero attached hydrogens (tertiary/aromatic N) is 1. The monoisotopic (exact) mass is 319 g/mol. The Labute approximate surface area is 137 Å². The lowest BCUT2D eigenvalue weighted by atomic mass is 10.1. The van der Waals surface area contributed by atoms with E-state index in [4.69, 9.17) is 4.74 Å². The van der Waals surface area contributed by atoms with E-state index in [0.717, 1.165) is 30.5 Å². The summed E-state index contributed by atoms with van der Waals surface area (Å²) in [5.41, 5.74) is 1.95. The van der Waals surface area contributed by atoms with Gasteiger partial charge in [-0.1, -0.05) is 25.1 Å². The van der Waals surface area contributed by atoms with E-state index >= 15 is 0 Å². The lowest BCUT2D eigenvalue weighted by molar-refractivity contribution is 0.0959. The van der Waals surface area contributed by atoms with E-state index in [1.807, 2.05) is 24.3 Å².